The highest BCUT2D eigenvalue weighted by Gasteiger charge is 2.37. The second-order valence-electron chi connectivity index (χ2n) is 5.94. The summed E-state index contributed by atoms with van der Waals surface area (Å²) in [5.41, 5.74) is -1.98. The Kier molecular flexibility index (Phi) is 5.69. The number of aromatic nitrogens is 1. The molecule has 0 spiro atoms. The van der Waals surface area contributed by atoms with Crippen molar-refractivity contribution in [2.45, 2.75) is 57.9 Å². The summed E-state index contributed by atoms with van der Waals surface area (Å²) in [6.07, 6.45) is -0.989. The first-order valence-electron chi connectivity index (χ1n) is 7.96. The van der Waals surface area contributed by atoms with Gasteiger partial charge in [0.05, 0.1) is 17.7 Å². The molecule has 1 aromatic heterocycles. The molecule has 1 aromatic rings. The predicted octanol–water partition coefficient (Wildman–Crippen LogP) is 3.35. The van der Waals surface area contributed by atoms with Crippen LogP contribution in [0.15, 0.2) is 17.1 Å². The third-order valence-electron chi connectivity index (χ3n) is 4.04. The summed E-state index contributed by atoms with van der Waals surface area (Å²) in [6, 6.07) is 0.232. The molecule has 0 bridgehead atoms. The van der Waals surface area contributed by atoms with E-state index < -0.39 is 29.2 Å². The summed E-state index contributed by atoms with van der Waals surface area (Å²) in [5, 5.41) is 2.18. The molecule has 134 valence electrons. The van der Waals surface area contributed by atoms with Crippen LogP contribution in [0.25, 0.3) is 0 Å². The van der Waals surface area contributed by atoms with Gasteiger partial charge in [0.1, 0.15) is 5.69 Å². The minimum Gasteiger partial charge on any atom is -0.376 e. The maximum Gasteiger partial charge on any atom is 0.417 e. The van der Waals surface area contributed by atoms with Gasteiger partial charge in [0.25, 0.3) is 5.56 Å². The van der Waals surface area contributed by atoms with Gasteiger partial charge >= 0.3 is 6.18 Å². The Bertz CT molecular complexity index is 655. The van der Waals surface area contributed by atoms with Crippen LogP contribution in [0.1, 0.15) is 51.1 Å². The molecule has 1 amide bonds. The molecule has 2 rings (SSSR count). The van der Waals surface area contributed by atoms with Gasteiger partial charge in [0.2, 0.25) is 5.91 Å². The number of rotatable bonds is 6. The fraction of sp³-hybridized carbons (Fsp3) is 0.625. The van der Waals surface area contributed by atoms with E-state index in [9.17, 15) is 22.8 Å². The lowest BCUT2D eigenvalue weighted by atomic mass is 9.88. The molecule has 1 N–H and O–H groups in total. The number of alkyl halides is 3. The molecule has 8 heteroatoms. The zero-order valence-electron chi connectivity index (χ0n) is 13.7. The summed E-state index contributed by atoms with van der Waals surface area (Å²) in [4.78, 5) is 23.6. The average molecular weight is 346 g/mol. The third-order valence-corrected chi connectivity index (χ3v) is 4.04. The summed E-state index contributed by atoms with van der Waals surface area (Å²) < 4.78 is 46.0. The van der Waals surface area contributed by atoms with Crippen molar-refractivity contribution in [1.82, 2.24) is 4.57 Å². The minimum absolute atomic E-state index is 0.275. The SMILES string of the molecule is CCCCO[C@H]1CC[C@H]1n1cc(C(F)(F)F)cc(NC(C)=O)c1=O. The van der Waals surface area contributed by atoms with E-state index in [-0.39, 0.29) is 11.8 Å². The maximum atomic E-state index is 13.1. The summed E-state index contributed by atoms with van der Waals surface area (Å²) >= 11 is 0. The molecule has 24 heavy (non-hydrogen) atoms. The number of halogens is 3. The van der Waals surface area contributed by atoms with Gasteiger partial charge in [0, 0.05) is 19.7 Å². The van der Waals surface area contributed by atoms with Crippen molar-refractivity contribution in [3.05, 3.63) is 28.2 Å². The highest BCUT2D eigenvalue weighted by Crippen LogP contribution is 2.36. The number of hydrogen-bond acceptors (Lipinski definition) is 3. The van der Waals surface area contributed by atoms with Crippen molar-refractivity contribution in [3.63, 3.8) is 0 Å². The predicted molar refractivity (Wildman–Crippen MR) is 82.9 cm³/mol. The number of hydrogen-bond donors (Lipinski definition) is 1. The highest BCUT2D eigenvalue weighted by atomic mass is 19.4. The number of carbonyl (C=O) groups excluding carboxylic acids is 1. The molecule has 1 saturated carbocycles. The largest absolute Gasteiger partial charge is 0.417 e. The Morgan fingerprint density at radius 2 is 2.12 bits per heavy atom. The zero-order valence-corrected chi connectivity index (χ0v) is 13.7. The molecule has 0 unspecified atom stereocenters. The fourth-order valence-electron chi connectivity index (χ4n) is 2.63. The van der Waals surface area contributed by atoms with Gasteiger partial charge in [-0.15, -0.1) is 0 Å². The molecule has 1 fully saturated rings. The van der Waals surface area contributed by atoms with Crippen molar-refractivity contribution >= 4 is 11.6 Å². The van der Waals surface area contributed by atoms with E-state index in [0.717, 1.165) is 30.5 Å². The van der Waals surface area contributed by atoms with Crippen LogP contribution in [0, 0.1) is 0 Å². The molecule has 0 aromatic carbocycles. The monoisotopic (exact) mass is 346 g/mol. The van der Waals surface area contributed by atoms with Crippen molar-refractivity contribution in [2.75, 3.05) is 11.9 Å². The Hall–Kier alpha value is -1.83. The first-order chi connectivity index (χ1) is 11.2. The van der Waals surface area contributed by atoms with Crippen LogP contribution in [-0.2, 0) is 15.7 Å². The number of ether oxygens (including phenoxy) is 1. The van der Waals surface area contributed by atoms with Gasteiger partial charge < -0.3 is 14.6 Å². The number of nitrogens with one attached hydrogen (secondary N) is 1. The summed E-state index contributed by atoms with van der Waals surface area (Å²) in [6.45, 7) is 3.67. The number of amides is 1. The molecule has 1 heterocycles. The van der Waals surface area contributed by atoms with E-state index in [4.69, 9.17) is 4.74 Å². The van der Waals surface area contributed by atoms with Crippen LogP contribution in [0.3, 0.4) is 0 Å². The smallest absolute Gasteiger partial charge is 0.376 e. The average Bonchev–Trinajstić information content (AvgIpc) is 2.44. The summed E-state index contributed by atoms with van der Waals surface area (Å²) in [7, 11) is 0. The maximum absolute atomic E-state index is 13.1. The van der Waals surface area contributed by atoms with E-state index in [2.05, 4.69) is 5.32 Å². The van der Waals surface area contributed by atoms with E-state index in [1.54, 1.807) is 0 Å². The lowest BCUT2D eigenvalue weighted by Gasteiger charge is -2.38. The topological polar surface area (TPSA) is 60.3 Å². The van der Waals surface area contributed by atoms with E-state index in [1.165, 1.54) is 0 Å². The minimum atomic E-state index is -4.61. The zero-order chi connectivity index (χ0) is 17.9. The Labute approximate surface area is 137 Å². The van der Waals surface area contributed by atoms with Crippen LogP contribution < -0.4 is 10.9 Å². The first-order valence-corrected chi connectivity index (χ1v) is 7.96. The second kappa shape index (κ2) is 7.38. The van der Waals surface area contributed by atoms with E-state index in [1.807, 2.05) is 6.92 Å². The van der Waals surface area contributed by atoms with Crippen molar-refractivity contribution < 1.29 is 22.7 Å². The Balaban J connectivity index is 2.34. The van der Waals surface area contributed by atoms with Crippen LogP contribution in [-0.4, -0.2) is 23.2 Å². The molecular formula is C16H21F3N2O3. The lowest BCUT2D eigenvalue weighted by Crippen LogP contribution is -2.42. The van der Waals surface area contributed by atoms with Crippen LogP contribution in [0.2, 0.25) is 0 Å². The molecular weight excluding hydrogens is 325 g/mol. The molecule has 5 nitrogen and oxygen atoms in total. The number of pyridine rings is 1. The van der Waals surface area contributed by atoms with Gasteiger partial charge in [-0.2, -0.15) is 13.2 Å². The Morgan fingerprint density at radius 1 is 1.42 bits per heavy atom. The van der Waals surface area contributed by atoms with Gasteiger partial charge in [-0.25, -0.2) is 0 Å². The van der Waals surface area contributed by atoms with Gasteiger partial charge in [-0.05, 0) is 25.3 Å². The number of carbonyl (C=O) groups is 1. The van der Waals surface area contributed by atoms with Crippen molar-refractivity contribution in [2.24, 2.45) is 0 Å². The normalized spacial score (nSPS) is 20.5. The molecule has 1 aliphatic rings. The number of unbranched alkanes of at least 4 members (excludes halogenated alkanes) is 1. The molecule has 0 radical (unpaired) electrons. The van der Waals surface area contributed by atoms with Crippen LogP contribution in [0.5, 0.6) is 0 Å². The van der Waals surface area contributed by atoms with Gasteiger partial charge in [-0.3, -0.25) is 9.59 Å². The highest BCUT2D eigenvalue weighted by molar-refractivity contribution is 5.88. The number of nitrogens with zero attached hydrogens (tertiary/aromatic N) is 1. The van der Waals surface area contributed by atoms with E-state index >= 15 is 0 Å². The quantitative estimate of drug-likeness (QED) is 0.804. The number of anilines is 1. The first kappa shape index (κ1) is 18.5. The Morgan fingerprint density at radius 3 is 2.62 bits per heavy atom. The van der Waals surface area contributed by atoms with Gasteiger partial charge in [0.15, 0.2) is 0 Å². The van der Waals surface area contributed by atoms with Crippen molar-refractivity contribution in [3.8, 4) is 0 Å². The van der Waals surface area contributed by atoms with E-state index in [0.29, 0.717) is 25.5 Å². The standard InChI is InChI=1S/C16H21F3N2O3/c1-3-4-7-24-14-6-5-13(14)21-9-11(16(17,18)19)8-12(15(21)23)20-10(2)22/h8-9,13-14H,3-7H2,1-2H3,(H,20,22)/t13-,14+/m1/s1. The molecule has 0 saturated heterocycles. The third kappa shape index (κ3) is 4.17. The van der Waals surface area contributed by atoms with Gasteiger partial charge in [-0.1, -0.05) is 13.3 Å². The second-order valence-corrected chi connectivity index (χ2v) is 5.94. The summed E-state index contributed by atoms with van der Waals surface area (Å²) in [5.74, 6) is -0.595. The molecule has 0 aliphatic heterocycles. The lowest BCUT2D eigenvalue weighted by molar-refractivity contribution is -0.138. The fourth-order valence-corrected chi connectivity index (χ4v) is 2.63. The van der Waals surface area contributed by atoms with Crippen molar-refractivity contribution in [1.29, 1.82) is 0 Å². The molecule has 1 aliphatic carbocycles. The van der Waals surface area contributed by atoms with Crippen LogP contribution in [0.4, 0.5) is 18.9 Å². The molecule has 2 atom stereocenters. The van der Waals surface area contributed by atoms with Crippen LogP contribution >= 0.6 is 0 Å².